The third-order valence-corrected chi connectivity index (χ3v) is 5.65. The molecule has 0 aliphatic rings. The molecule has 0 aliphatic carbocycles. The van der Waals surface area contributed by atoms with E-state index < -0.39 is 16.0 Å². The number of nitrogens with one attached hydrogen (secondary N) is 1. The fourth-order valence-corrected chi connectivity index (χ4v) is 3.27. The van der Waals surface area contributed by atoms with E-state index in [1.807, 2.05) is 0 Å². The van der Waals surface area contributed by atoms with Gasteiger partial charge in [0.15, 0.2) is 0 Å². The van der Waals surface area contributed by atoms with Gasteiger partial charge in [-0.05, 0) is 36.8 Å². The van der Waals surface area contributed by atoms with Crippen LogP contribution < -0.4 is 10.1 Å². The molecule has 2 rings (SSSR count). The van der Waals surface area contributed by atoms with Gasteiger partial charge in [-0.1, -0.05) is 13.3 Å². The Morgan fingerprint density at radius 3 is 2.33 bits per heavy atom. The normalized spacial score (nSPS) is 11.4. The molecule has 0 fully saturated rings. The van der Waals surface area contributed by atoms with Crippen LogP contribution in [0.1, 0.15) is 30.1 Å². The molecule has 8 heteroatoms. The number of hydrogen-bond donors (Lipinski definition) is 2. The van der Waals surface area contributed by atoms with Crippen LogP contribution in [0.2, 0.25) is 0 Å². The van der Waals surface area contributed by atoms with E-state index in [0.717, 1.165) is 17.1 Å². The van der Waals surface area contributed by atoms with Gasteiger partial charge in [0.05, 0.1) is 10.5 Å². The number of sulfonamides is 1. The Morgan fingerprint density at radius 1 is 1.11 bits per heavy atom. The monoisotopic (exact) mass is 392 g/mol. The first-order chi connectivity index (χ1) is 12.7. The molecule has 0 aromatic heterocycles. The summed E-state index contributed by atoms with van der Waals surface area (Å²) in [7, 11) is -0.687. The van der Waals surface area contributed by atoms with Crippen molar-refractivity contribution in [1.82, 2.24) is 4.31 Å². The highest BCUT2D eigenvalue weighted by molar-refractivity contribution is 7.89. The summed E-state index contributed by atoms with van der Waals surface area (Å²) in [6.07, 6.45) is 1.97. The molecule has 2 N–H and O–H groups in total. The molecule has 0 atom stereocenters. The van der Waals surface area contributed by atoms with Crippen molar-refractivity contribution in [2.24, 2.45) is 0 Å². The summed E-state index contributed by atoms with van der Waals surface area (Å²) in [5, 5.41) is 12.2. The summed E-state index contributed by atoms with van der Waals surface area (Å²) in [6, 6.07) is 10.7. The van der Waals surface area contributed by atoms with Gasteiger partial charge in [-0.25, -0.2) is 17.5 Å². The highest BCUT2D eigenvalue weighted by Gasteiger charge is 2.19. The lowest BCUT2D eigenvalue weighted by molar-refractivity contribution is 0.0697. The lowest BCUT2D eigenvalue weighted by Crippen LogP contribution is -2.22. The molecule has 0 bridgehead atoms. The van der Waals surface area contributed by atoms with E-state index in [1.54, 1.807) is 12.1 Å². The van der Waals surface area contributed by atoms with Crippen molar-refractivity contribution in [2.75, 3.05) is 26.0 Å². The van der Waals surface area contributed by atoms with Crippen molar-refractivity contribution in [3.8, 4) is 11.5 Å². The summed E-state index contributed by atoms with van der Waals surface area (Å²) < 4.78 is 31.9. The Morgan fingerprint density at radius 2 is 1.78 bits per heavy atom. The third kappa shape index (κ3) is 5.45. The molecule has 2 aromatic carbocycles. The van der Waals surface area contributed by atoms with Crippen LogP contribution in [0, 0.1) is 0 Å². The SMILES string of the molecule is CCCCNc1cc(Oc2ccc(C(=O)O)cc2)cc(S(=O)(=O)N(C)C)c1. The average Bonchev–Trinajstić information content (AvgIpc) is 2.62. The number of anilines is 1. The number of carboxylic acid groups (broad SMARTS) is 1. The number of aromatic carboxylic acids is 1. The van der Waals surface area contributed by atoms with Crippen molar-refractivity contribution < 1.29 is 23.1 Å². The Balaban J connectivity index is 2.35. The first-order valence-electron chi connectivity index (χ1n) is 8.56. The number of carbonyl (C=O) groups is 1. The van der Waals surface area contributed by atoms with E-state index in [-0.39, 0.29) is 10.5 Å². The highest BCUT2D eigenvalue weighted by Crippen LogP contribution is 2.29. The van der Waals surface area contributed by atoms with E-state index in [9.17, 15) is 13.2 Å². The first-order valence-corrected chi connectivity index (χ1v) is 10.0. The highest BCUT2D eigenvalue weighted by atomic mass is 32.2. The zero-order valence-electron chi connectivity index (χ0n) is 15.6. The minimum absolute atomic E-state index is 0.117. The topological polar surface area (TPSA) is 95.9 Å². The fourth-order valence-electron chi connectivity index (χ4n) is 2.30. The van der Waals surface area contributed by atoms with Gasteiger partial charge in [0.1, 0.15) is 11.5 Å². The molecule has 0 amide bonds. The molecule has 0 unspecified atom stereocenters. The summed E-state index contributed by atoms with van der Waals surface area (Å²) in [4.78, 5) is 11.1. The van der Waals surface area contributed by atoms with Crippen LogP contribution in [0.25, 0.3) is 0 Å². The molecular formula is C19H24N2O5S. The van der Waals surface area contributed by atoms with Gasteiger partial charge in [0.25, 0.3) is 0 Å². The molecule has 0 radical (unpaired) electrons. The summed E-state index contributed by atoms with van der Waals surface area (Å²) >= 11 is 0. The molecule has 0 spiro atoms. The van der Waals surface area contributed by atoms with Gasteiger partial charge in [-0.3, -0.25) is 0 Å². The van der Waals surface area contributed by atoms with Gasteiger partial charge in [-0.2, -0.15) is 0 Å². The number of ether oxygens (including phenoxy) is 1. The quantitative estimate of drug-likeness (QED) is 0.633. The van der Waals surface area contributed by atoms with E-state index >= 15 is 0 Å². The average molecular weight is 392 g/mol. The van der Waals surface area contributed by atoms with E-state index in [2.05, 4.69) is 12.2 Å². The van der Waals surface area contributed by atoms with Crippen molar-refractivity contribution >= 4 is 21.7 Å². The maximum atomic E-state index is 12.5. The van der Waals surface area contributed by atoms with Crippen LogP contribution in [0.3, 0.4) is 0 Å². The number of benzene rings is 2. The largest absolute Gasteiger partial charge is 0.478 e. The number of unbranched alkanes of at least 4 members (excludes halogenated alkanes) is 1. The van der Waals surface area contributed by atoms with Gasteiger partial charge in [-0.15, -0.1) is 0 Å². The number of nitrogens with zero attached hydrogens (tertiary/aromatic N) is 1. The Labute approximate surface area is 159 Å². The van der Waals surface area contributed by atoms with E-state index in [4.69, 9.17) is 9.84 Å². The summed E-state index contributed by atoms with van der Waals surface area (Å²) in [5.41, 5.74) is 0.789. The number of rotatable bonds is 9. The van der Waals surface area contributed by atoms with Crippen molar-refractivity contribution in [3.05, 3.63) is 48.0 Å². The molecule has 2 aromatic rings. The molecule has 0 saturated carbocycles. The van der Waals surface area contributed by atoms with E-state index in [0.29, 0.717) is 23.7 Å². The Bertz CT molecular complexity index is 893. The molecular weight excluding hydrogens is 368 g/mol. The van der Waals surface area contributed by atoms with Crippen molar-refractivity contribution in [1.29, 1.82) is 0 Å². The number of hydrogen-bond acceptors (Lipinski definition) is 5. The summed E-state index contributed by atoms with van der Waals surface area (Å²) in [5.74, 6) is -0.262. The van der Waals surface area contributed by atoms with Crippen LogP contribution in [0.15, 0.2) is 47.4 Å². The maximum absolute atomic E-state index is 12.5. The fraction of sp³-hybridized carbons (Fsp3) is 0.316. The second-order valence-electron chi connectivity index (χ2n) is 6.19. The lowest BCUT2D eigenvalue weighted by Gasteiger charge is -2.15. The van der Waals surface area contributed by atoms with Gasteiger partial charge in [0, 0.05) is 38.5 Å². The number of carboxylic acids is 1. The van der Waals surface area contributed by atoms with Crippen LogP contribution >= 0.6 is 0 Å². The third-order valence-electron chi connectivity index (χ3n) is 3.86. The zero-order valence-corrected chi connectivity index (χ0v) is 16.4. The minimum Gasteiger partial charge on any atom is -0.478 e. The van der Waals surface area contributed by atoms with Crippen LogP contribution in [-0.4, -0.2) is 44.4 Å². The van der Waals surface area contributed by atoms with Crippen LogP contribution in [0.4, 0.5) is 5.69 Å². The van der Waals surface area contributed by atoms with Gasteiger partial charge in [0.2, 0.25) is 10.0 Å². The first kappa shape index (κ1) is 20.7. The van der Waals surface area contributed by atoms with Crippen LogP contribution in [0.5, 0.6) is 11.5 Å². The van der Waals surface area contributed by atoms with Crippen LogP contribution in [-0.2, 0) is 10.0 Å². The zero-order chi connectivity index (χ0) is 20.0. The smallest absolute Gasteiger partial charge is 0.335 e. The molecule has 0 heterocycles. The predicted molar refractivity (Wildman–Crippen MR) is 104 cm³/mol. The van der Waals surface area contributed by atoms with E-state index in [1.165, 1.54) is 44.4 Å². The second-order valence-corrected chi connectivity index (χ2v) is 8.34. The molecule has 27 heavy (non-hydrogen) atoms. The minimum atomic E-state index is -3.63. The molecule has 0 aliphatic heterocycles. The van der Waals surface area contributed by atoms with Crippen molar-refractivity contribution in [2.45, 2.75) is 24.7 Å². The summed E-state index contributed by atoms with van der Waals surface area (Å²) in [6.45, 7) is 2.79. The van der Waals surface area contributed by atoms with Gasteiger partial charge >= 0.3 is 5.97 Å². The maximum Gasteiger partial charge on any atom is 0.335 e. The Kier molecular flexibility index (Phi) is 6.81. The molecule has 7 nitrogen and oxygen atoms in total. The van der Waals surface area contributed by atoms with Gasteiger partial charge < -0.3 is 15.2 Å². The standard InChI is InChI=1S/C19H24N2O5S/c1-4-5-10-20-15-11-17(13-18(12-15)27(24,25)21(2)3)26-16-8-6-14(7-9-16)19(22)23/h6-9,11-13,20H,4-5,10H2,1-3H3,(H,22,23). The lowest BCUT2D eigenvalue weighted by atomic mass is 10.2. The van der Waals surface area contributed by atoms with Crippen molar-refractivity contribution in [3.63, 3.8) is 0 Å². The second kappa shape index (κ2) is 8.88. The molecule has 0 saturated heterocycles. The Hall–Kier alpha value is -2.58. The molecule has 146 valence electrons. The predicted octanol–water partition coefficient (Wildman–Crippen LogP) is 3.64.